The Balaban J connectivity index is 2.13. The van der Waals surface area contributed by atoms with Crippen LogP contribution in [0.15, 0.2) is 12.1 Å². The molecule has 1 aliphatic heterocycles. The Hall–Kier alpha value is -1.99. The second-order valence-corrected chi connectivity index (χ2v) is 5.38. The molecule has 1 aliphatic rings. The van der Waals surface area contributed by atoms with Crippen molar-refractivity contribution in [2.24, 2.45) is 11.7 Å². The summed E-state index contributed by atoms with van der Waals surface area (Å²) in [7, 11) is 4.58. The molecule has 1 saturated heterocycles. The first-order chi connectivity index (χ1) is 11.1. The largest absolute Gasteiger partial charge is 0.493 e. The van der Waals surface area contributed by atoms with E-state index in [0.29, 0.717) is 36.1 Å². The molecular weight excluding hydrogens is 300 g/mol. The van der Waals surface area contributed by atoms with Crippen LogP contribution in [0.5, 0.6) is 17.2 Å². The smallest absolute Gasteiger partial charge is 0.241 e. The SMILES string of the molecule is COc1cc(NC(=O)C(N)C2CCOCC2)cc(OC)c1OC. The number of rotatable bonds is 6. The van der Waals surface area contributed by atoms with Gasteiger partial charge >= 0.3 is 0 Å². The van der Waals surface area contributed by atoms with E-state index in [9.17, 15) is 4.79 Å². The summed E-state index contributed by atoms with van der Waals surface area (Å²) in [4.78, 5) is 12.4. The zero-order valence-corrected chi connectivity index (χ0v) is 13.8. The van der Waals surface area contributed by atoms with Gasteiger partial charge in [0, 0.05) is 31.0 Å². The van der Waals surface area contributed by atoms with Crippen LogP contribution in [-0.4, -0.2) is 46.5 Å². The molecule has 0 aromatic heterocycles. The summed E-state index contributed by atoms with van der Waals surface area (Å²) >= 11 is 0. The number of hydrogen-bond donors (Lipinski definition) is 2. The van der Waals surface area contributed by atoms with Crippen molar-refractivity contribution in [1.82, 2.24) is 0 Å². The fraction of sp³-hybridized carbons (Fsp3) is 0.562. The van der Waals surface area contributed by atoms with Gasteiger partial charge in [0.05, 0.1) is 27.4 Å². The molecule has 7 heteroatoms. The van der Waals surface area contributed by atoms with Crippen molar-refractivity contribution < 1.29 is 23.7 Å². The number of nitrogens with two attached hydrogens (primary N) is 1. The third kappa shape index (κ3) is 4.05. The molecule has 1 unspecified atom stereocenters. The lowest BCUT2D eigenvalue weighted by Gasteiger charge is -2.26. The quantitative estimate of drug-likeness (QED) is 0.822. The molecule has 0 aliphatic carbocycles. The van der Waals surface area contributed by atoms with E-state index in [1.165, 1.54) is 21.3 Å². The van der Waals surface area contributed by atoms with Gasteiger partial charge < -0.3 is 30.0 Å². The summed E-state index contributed by atoms with van der Waals surface area (Å²) in [5, 5.41) is 2.82. The summed E-state index contributed by atoms with van der Waals surface area (Å²) in [5.41, 5.74) is 6.63. The van der Waals surface area contributed by atoms with Crippen molar-refractivity contribution in [3.63, 3.8) is 0 Å². The number of hydrogen-bond acceptors (Lipinski definition) is 6. The van der Waals surface area contributed by atoms with Crippen molar-refractivity contribution in [3.8, 4) is 17.2 Å². The average molecular weight is 324 g/mol. The topological polar surface area (TPSA) is 92.0 Å². The second-order valence-electron chi connectivity index (χ2n) is 5.38. The molecular formula is C16H24N2O5. The van der Waals surface area contributed by atoms with E-state index < -0.39 is 6.04 Å². The molecule has 1 heterocycles. The molecule has 0 spiro atoms. The van der Waals surface area contributed by atoms with Gasteiger partial charge in [0.2, 0.25) is 11.7 Å². The van der Waals surface area contributed by atoms with Crippen LogP contribution in [0.25, 0.3) is 0 Å². The first-order valence-electron chi connectivity index (χ1n) is 7.55. The minimum atomic E-state index is -0.571. The first kappa shape index (κ1) is 17.4. The predicted octanol–water partition coefficient (Wildman–Crippen LogP) is 1.40. The normalized spacial score (nSPS) is 16.5. The van der Waals surface area contributed by atoms with Crippen molar-refractivity contribution in [2.75, 3.05) is 39.9 Å². The highest BCUT2D eigenvalue weighted by Crippen LogP contribution is 2.40. The van der Waals surface area contributed by atoms with E-state index in [0.717, 1.165) is 12.8 Å². The lowest BCUT2D eigenvalue weighted by molar-refractivity contribution is -0.119. The lowest BCUT2D eigenvalue weighted by atomic mass is 9.92. The van der Waals surface area contributed by atoms with Gasteiger partial charge in [0.15, 0.2) is 11.5 Å². The number of ether oxygens (including phenoxy) is 4. The second kappa shape index (κ2) is 8.03. The molecule has 128 valence electrons. The van der Waals surface area contributed by atoms with Gasteiger partial charge in [0.1, 0.15) is 0 Å². The number of amides is 1. The summed E-state index contributed by atoms with van der Waals surface area (Å²) in [6, 6.07) is 2.78. The molecule has 2 rings (SSSR count). The Labute approximate surface area is 136 Å². The summed E-state index contributed by atoms with van der Waals surface area (Å²) < 4.78 is 21.1. The fourth-order valence-electron chi connectivity index (χ4n) is 2.67. The molecule has 0 bridgehead atoms. The third-order valence-electron chi connectivity index (χ3n) is 4.01. The molecule has 0 radical (unpaired) electrons. The van der Waals surface area contributed by atoms with Crippen LogP contribution in [0.4, 0.5) is 5.69 Å². The molecule has 1 aromatic carbocycles. The number of carbonyl (C=O) groups excluding carboxylic acids is 1. The molecule has 0 saturated carbocycles. The molecule has 7 nitrogen and oxygen atoms in total. The van der Waals surface area contributed by atoms with Gasteiger partial charge in [-0.25, -0.2) is 0 Å². The highest BCUT2D eigenvalue weighted by molar-refractivity contribution is 5.95. The molecule has 1 fully saturated rings. The zero-order chi connectivity index (χ0) is 16.8. The molecule has 1 amide bonds. The number of carbonyl (C=O) groups is 1. The minimum absolute atomic E-state index is 0.130. The van der Waals surface area contributed by atoms with Crippen molar-refractivity contribution in [1.29, 1.82) is 0 Å². The van der Waals surface area contributed by atoms with Gasteiger partial charge in [-0.05, 0) is 18.8 Å². The van der Waals surface area contributed by atoms with Gasteiger partial charge in [0.25, 0.3) is 0 Å². The van der Waals surface area contributed by atoms with Gasteiger partial charge in [-0.15, -0.1) is 0 Å². The first-order valence-corrected chi connectivity index (χ1v) is 7.55. The minimum Gasteiger partial charge on any atom is -0.493 e. The zero-order valence-electron chi connectivity index (χ0n) is 13.8. The lowest BCUT2D eigenvalue weighted by Crippen LogP contribution is -2.44. The van der Waals surface area contributed by atoms with E-state index in [4.69, 9.17) is 24.7 Å². The Bertz CT molecular complexity index is 518. The van der Waals surface area contributed by atoms with Crippen LogP contribution < -0.4 is 25.3 Å². The Morgan fingerprint density at radius 2 is 1.74 bits per heavy atom. The summed E-state index contributed by atoms with van der Waals surface area (Å²) in [6.45, 7) is 1.30. The highest BCUT2D eigenvalue weighted by atomic mass is 16.5. The maximum Gasteiger partial charge on any atom is 0.241 e. The van der Waals surface area contributed by atoms with Crippen LogP contribution in [0, 0.1) is 5.92 Å². The maximum atomic E-state index is 12.4. The van der Waals surface area contributed by atoms with Crippen LogP contribution in [0.1, 0.15) is 12.8 Å². The van der Waals surface area contributed by atoms with Crippen molar-refractivity contribution in [3.05, 3.63) is 12.1 Å². The summed E-state index contributed by atoms with van der Waals surface area (Å²) in [6.07, 6.45) is 1.59. The molecule has 23 heavy (non-hydrogen) atoms. The molecule has 1 aromatic rings. The number of anilines is 1. The standard InChI is InChI=1S/C16H24N2O5/c1-20-12-8-11(9-13(21-2)15(12)22-3)18-16(19)14(17)10-4-6-23-7-5-10/h8-10,14H,4-7,17H2,1-3H3,(H,18,19). The fourth-order valence-corrected chi connectivity index (χ4v) is 2.67. The van der Waals surface area contributed by atoms with E-state index >= 15 is 0 Å². The molecule has 1 atom stereocenters. The van der Waals surface area contributed by atoms with E-state index in [2.05, 4.69) is 5.32 Å². The van der Waals surface area contributed by atoms with Gasteiger partial charge in [-0.1, -0.05) is 0 Å². The number of methoxy groups -OCH3 is 3. The van der Waals surface area contributed by atoms with E-state index in [-0.39, 0.29) is 11.8 Å². The summed E-state index contributed by atoms with van der Waals surface area (Å²) in [5.74, 6) is 1.32. The van der Waals surface area contributed by atoms with E-state index in [1.54, 1.807) is 12.1 Å². The number of nitrogens with one attached hydrogen (secondary N) is 1. The monoisotopic (exact) mass is 324 g/mol. The van der Waals surface area contributed by atoms with Crippen LogP contribution in [-0.2, 0) is 9.53 Å². The highest BCUT2D eigenvalue weighted by Gasteiger charge is 2.27. The van der Waals surface area contributed by atoms with Crippen molar-refractivity contribution >= 4 is 11.6 Å². The Kier molecular flexibility index (Phi) is 6.06. The third-order valence-corrected chi connectivity index (χ3v) is 4.01. The van der Waals surface area contributed by atoms with Crippen LogP contribution >= 0.6 is 0 Å². The number of benzene rings is 1. The Morgan fingerprint density at radius 1 is 1.17 bits per heavy atom. The van der Waals surface area contributed by atoms with Gasteiger partial charge in [-0.3, -0.25) is 4.79 Å². The maximum absolute atomic E-state index is 12.4. The van der Waals surface area contributed by atoms with Crippen LogP contribution in [0.2, 0.25) is 0 Å². The Morgan fingerprint density at radius 3 is 2.22 bits per heavy atom. The average Bonchev–Trinajstić information content (AvgIpc) is 2.60. The van der Waals surface area contributed by atoms with Gasteiger partial charge in [-0.2, -0.15) is 0 Å². The van der Waals surface area contributed by atoms with E-state index in [1.807, 2.05) is 0 Å². The predicted molar refractivity (Wildman–Crippen MR) is 86.2 cm³/mol. The molecule has 3 N–H and O–H groups in total. The van der Waals surface area contributed by atoms with Crippen LogP contribution in [0.3, 0.4) is 0 Å². The van der Waals surface area contributed by atoms with Crippen molar-refractivity contribution in [2.45, 2.75) is 18.9 Å².